The van der Waals surface area contributed by atoms with E-state index in [-0.39, 0.29) is 18.6 Å². The third-order valence-corrected chi connectivity index (χ3v) is 4.06. The summed E-state index contributed by atoms with van der Waals surface area (Å²) in [5.41, 5.74) is -0.859. The second kappa shape index (κ2) is 6.15. The van der Waals surface area contributed by atoms with E-state index in [1.54, 1.807) is 24.2 Å². The molecule has 0 aliphatic carbocycles. The topological polar surface area (TPSA) is 98.3 Å². The number of hydrogen-bond acceptors (Lipinski definition) is 3. The minimum atomic E-state index is -0.859. The SMILES string of the molecule is CCC(NC(=O)N1CCCC(C)(C(=O)O)C1)c1ncc[nH]1. The first kappa shape index (κ1) is 15.3. The summed E-state index contributed by atoms with van der Waals surface area (Å²) in [6.07, 6.45) is 5.37. The van der Waals surface area contributed by atoms with E-state index in [2.05, 4.69) is 15.3 Å². The highest BCUT2D eigenvalue weighted by molar-refractivity contribution is 5.78. The number of carboxylic acid groups (broad SMARTS) is 1. The predicted octanol–water partition coefficient (Wildman–Crippen LogP) is 1.76. The van der Waals surface area contributed by atoms with E-state index < -0.39 is 11.4 Å². The summed E-state index contributed by atoms with van der Waals surface area (Å²) in [7, 11) is 0. The van der Waals surface area contributed by atoms with E-state index >= 15 is 0 Å². The number of urea groups is 1. The Morgan fingerprint density at radius 3 is 2.95 bits per heavy atom. The molecular weight excluding hydrogens is 272 g/mol. The van der Waals surface area contributed by atoms with E-state index in [9.17, 15) is 14.7 Å². The molecule has 2 unspecified atom stereocenters. The van der Waals surface area contributed by atoms with E-state index in [1.807, 2.05) is 6.92 Å². The molecule has 116 valence electrons. The first-order valence-electron chi connectivity index (χ1n) is 7.24. The van der Waals surface area contributed by atoms with E-state index in [4.69, 9.17) is 0 Å². The molecule has 2 atom stereocenters. The smallest absolute Gasteiger partial charge is 0.318 e. The molecule has 7 nitrogen and oxygen atoms in total. The average molecular weight is 294 g/mol. The monoisotopic (exact) mass is 294 g/mol. The fraction of sp³-hybridized carbons (Fsp3) is 0.643. The highest BCUT2D eigenvalue weighted by Gasteiger charge is 2.39. The maximum absolute atomic E-state index is 12.4. The lowest BCUT2D eigenvalue weighted by Gasteiger charge is -2.37. The van der Waals surface area contributed by atoms with Crippen molar-refractivity contribution in [3.05, 3.63) is 18.2 Å². The Labute approximate surface area is 123 Å². The number of nitrogens with one attached hydrogen (secondary N) is 2. The fourth-order valence-corrected chi connectivity index (χ4v) is 2.66. The number of piperidine rings is 1. The summed E-state index contributed by atoms with van der Waals surface area (Å²) >= 11 is 0. The normalized spacial score (nSPS) is 23.6. The van der Waals surface area contributed by atoms with Crippen molar-refractivity contribution < 1.29 is 14.7 Å². The highest BCUT2D eigenvalue weighted by atomic mass is 16.4. The Kier molecular flexibility index (Phi) is 4.50. The van der Waals surface area contributed by atoms with Crippen molar-refractivity contribution in [2.24, 2.45) is 5.41 Å². The Balaban J connectivity index is 2.01. The van der Waals surface area contributed by atoms with Crippen molar-refractivity contribution in [1.29, 1.82) is 0 Å². The van der Waals surface area contributed by atoms with Crippen LogP contribution in [0, 0.1) is 5.41 Å². The van der Waals surface area contributed by atoms with Crippen LogP contribution in [0.4, 0.5) is 4.79 Å². The van der Waals surface area contributed by atoms with Crippen LogP contribution in [-0.4, -0.2) is 45.1 Å². The van der Waals surface area contributed by atoms with Gasteiger partial charge in [0.15, 0.2) is 0 Å². The Morgan fingerprint density at radius 1 is 1.62 bits per heavy atom. The summed E-state index contributed by atoms with van der Waals surface area (Å²) in [5, 5.41) is 12.2. The van der Waals surface area contributed by atoms with Gasteiger partial charge in [-0.2, -0.15) is 0 Å². The van der Waals surface area contributed by atoms with Gasteiger partial charge >= 0.3 is 12.0 Å². The van der Waals surface area contributed by atoms with Gasteiger partial charge in [0.05, 0.1) is 11.5 Å². The van der Waals surface area contributed by atoms with Crippen molar-refractivity contribution in [2.75, 3.05) is 13.1 Å². The lowest BCUT2D eigenvalue weighted by molar-refractivity contribution is -0.150. The number of aromatic nitrogens is 2. The first-order chi connectivity index (χ1) is 9.96. The van der Waals surface area contributed by atoms with Gasteiger partial charge in [0.1, 0.15) is 5.82 Å². The number of nitrogens with zero attached hydrogens (tertiary/aromatic N) is 2. The van der Waals surface area contributed by atoms with Gasteiger partial charge in [-0.05, 0) is 26.2 Å². The third-order valence-electron chi connectivity index (χ3n) is 4.06. The Bertz CT molecular complexity index is 502. The molecule has 1 saturated heterocycles. The minimum Gasteiger partial charge on any atom is -0.481 e. The van der Waals surface area contributed by atoms with Crippen molar-refractivity contribution in [3.8, 4) is 0 Å². The van der Waals surface area contributed by atoms with Gasteiger partial charge in [0, 0.05) is 25.5 Å². The standard InChI is InChI=1S/C14H22N4O3/c1-3-10(11-15-6-7-16-11)17-13(21)18-8-4-5-14(2,9-18)12(19)20/h6-7,10H,3-5,8-9H2,1-2H3,(H,15,16)(H,17,21)(H,19,20). The molecule has 0 aromatic carbocycles. The fourth-order valence-electron chi connectivity index (χ4n) is 2.66. The van der Waals surface area contributed by atoms with Crippen LogP contribution in [0.3, 0.4) is 0 Å². The van der Waals surface area contributed by atoms with E-state index in [1.165, 1.54) is 0 Å². The van der Waals surface area contributed by atoms with Gasteiger partial charge in [0.2, 0.25) is 0 Å². The second-order valence-electron chi connectivity index (χ2n) is 5.78. The van der Waals surface area contributed by atoms with Gasteiger partial charge in [-0.3, -0.25) is 4.79 Å². The van der Waals surface area contributed by atoms with Crippen LogP contribution in [0.1, 0.15) is 45.0 Å². The number of aliphatic carboxylic acids is 1. The molecule has 7 heteroatoms. The molecule has 1 aliphatic rings. The molecule has 1 aromatic heterocycles. The third kappa shape index (κ3) is 3.34. The number of rotatable bonds is 4. The zero-order valence-electron chi connectivity index (χ0n) is 12.4. The molecule has 0 bridgehead atoms. The number of carboxylic acids is 1. The number of carbonyl (C=O) groups is 2. The van der Waals surface area contributed by atoms with Crippen LogP contribution < -0.4 is 5.32 Å². The van der Waals surface area contributed by atoms with Crippen molar-refractivity contribution in [3.63, 3.8) is 0 Å². The maximum Gasteiger partial charge on any atom is 0.318 e. The van der Waals surface area contributed by atoms with Gasteiger partial charge in [-0.25, -0.2) is 9.78 Å². The van der Waals surface area contributed by atoms with Crippen LogP contribution in [0.5, 0.6) is 0 Å². The Morgan fingerprint density at radius 2 is 2.38 bits per heavy atom. The largest absolute Gasteiger partial charge is 0.481 e. The van der Waals surface area contributed by atoms with Crippen LogP contribution in [-0.2, 0) is 4.79 Å². The molecule has 2 amide bonds. The molecule has 0 spiro atoms. The van der Waals surface area contributed by atoms with Crippen molar-refractivity contribution in [2.45, 2.75) is 39.2 Å². The molecule has 1 fully saturated rings. The second-order valence-corrected chi connectivity index (χ2v) is 5.78. The van der Waals surface area contributed by atoms with Gasteiger partial charge in [0.25, 0.3) is 0 Å². The van der Waals surface area contributed by atoms with Crippen molar-refractivity contribution in [1.82, 2.24) is 20.2 Å². The minimum absolute atomic E-state index is 0.189. The van der Waals surface area contributed by atoms with Gasteiger partial charge in [-0.15, -0.1) is 0 Å². The van der Waals surface area contributed by atoms with Crippen LogP contribution >= 0.6 is 0 Å². The molecule has 2 heterocycles. The lowest BCUT2D eigenvalue weighted by atomic mass is 9.82. The zero-order valence-corrected chi connectivity index (χ0v) is 12.4. The van der Waals surface area contributed by atoms with Crippen molar-refractivity contribution >= 4 is 12.0 Å². The Hall–Kier alpha value is -2.05. The molecule has 1 aromatic rings. The van der Waals surface area contributed by atoms with E-state index in [0.717, 1.165) is 0 Å². The molecule has 21 heavy (non-hydrogen) atoms. The predicted molar refractivity (Wildman–Crippen MR) is 76.7 cm³/mol. The highest BCUT2D eigenvalue weighted by Crippen LogP contribution is 2.29. The average Bonchev–Trinajstić information content (AvgIpc) is 2.98. The number of hydrogen-bond donors (Lipinski definition) is 3. The van der Waals surface area contributed by atoms with Gasteiger partial charge in [-0.1, -0.05) is 6.92 Å². The number of imidazole rings is 1. The maximum atomic E-state index is 12.4. The molecule has 2 rings (SSSR count). The summed E-state index contributed by atoms with van der Waals surface area (Å²) < 4.78 is 0. The molecule has 0 saturated carbocycles. The zero-order chi connectivity index (χ0) is 15.5. The number of likely N-dealkylation sites (tertiary alicyclic amines) is 1. The molecule has 3 N–H and O–H groups in total. The summed E-state index contributed by atoms with van der Waals surface area (Å²) in [4.78, 5) is 32.4. The first-order valence-corrected chi connectivity index (χ1v) is 7.24. The number of amides is 2. The van der Waals surface area contributed by atoms with Crippen LogP contribution in [0.25, 0.3) is 0 Å². The van der Waals surface area contributed by atoms with Crippen LogP contribution in [0.15, 0.2) is 12.4 Å². The summed E-state index contributed by atoms with van der Waals surface area (Å²) in [6, 6.07) is -0.420. The number of H-pyrrole nitrogens is 1. The lowest BCUT2D eigenvalue weighted by Crippen LogP contribution is -2.52. The van der Waals surface area contributed by atoms with Crippen LogP contribution in [0.2, 0.25) is 0 Å². The molecule has 1 aliphatic heterocycles. The summed E-state index contributed by atoms with van der Waals surface area (Å²) in [5.74, 6) is -0.137. The quantitative estimate of drug-likeness (QED) is 0.788. The van der Waals surface area contributed by atoms with Gasteiger partial charge < -0.3 is 20.3 Å². The summed E-state index contributed by atoms with van der Waals surface area (Å²) in [6.45, 7) is 4.48. The number of aromatic amines is 1. The molecular formula is C14H22N4O3. The molecule has 0 radical (unpaired) electrons. The number of carbonyl (C=O) groups excluding carboxylic acids is 1. The van der Waals surface area contributed by atoms with E-state index in [0.29, 0.717) is 31.6 Å².